The maximum Gasteiger partial charge on any atom is 0.128 e. The zero-order chi connectivity index (χ0) is 11.7. The minimum atomic E-state index is 0.578. The highest BCUT2D eigenvalue weighted by Crippen LogP contribution is 2.14. The predicted octanol–water partition coefficient (Wildman–Crippen LogP) is 1.21. The molecular formula is C11H19ClN4. The van der Waals surface area contributed by atoms with E-state index in [1.807, 2.05) is 11.6 Å². The van der Waals surface area contributed by atoms with Gasteiger partial charge in [0.15, 0.2) is 0 Å². The molecule has 1 aliphatic rings. The lowest BCUT2D eigenvalue weighted by molar-refractivity contribution is 0.0907. The largest absolute Gasteiger partial charge is 0.321 e. The molecule has 1 aliphatic heterocycles. The molecule has 0 radical (unpaired) electrons. The summed E-state index contributed by atoms with van der Waals surface area (Å²) in [6.07, 6.45) is 1.72. The van der Waals surface area contributed by atoms with Gasteiger partial charge < -0.3 is 9.47 Å². The molecule has 90 valence electrons. The number of nitrogens with zero attached hydrogens (tertiary/aromatic N) is 4. The Kier molecular flexibility index (Phi) is 3.52. The van der Waals surface area contributed by atoms with E-state index in [2.05, 4.69) is 28.8 Å². The molecule has 1 fully saturated rings. The third-order valence-electron chi connectivity index (χ3n) is 3.34. The fourth-order valence-corrected chi connectivity index (χ4v) is 2.31. The van der Waals surface area contributed by atoms with E-state index in [9.17, 15) is 0 Å². The van der Waals surface area contributed by atoms with Gasteiger partial charge in [-0.05, 0) is 14.0 Å². The van der Waals surface area contributed by atoms with Crippen LogP contribution in [0.3, 0.4) is 0 Å². The molecule has 2 rings (SSSR count). The Morgan fingerprint density at radius 2 is 2.19 bits per heavy atom. The average molecular weight is 243 g/mol. The molecule has 0 spiro atoms. The van der Waals surface area contributed by atoms with Crippen molar-refractivity contribution in [1.82, 2.24) is 19.4 Å². The monoisotopic (exact) mass is 242 g/mol. The number of likely N-dealkylation sites (N-methyl/N-ethyl adjacent to an activating group) is 1. The molecule has 0 aromatic carbocycles. The van der Waals surface area contributed by atoms with Crippen LogP contribution >= 0.6 is 11.6 Å². The summed E-state index contributed by atoms with van der Waals surface area (Å²) in [6, 6.07) is 0.578. The molecule has 1 saturated heterocycles. The Morgan fingerprint density at radius 1 is 1.44 bits per heavy atom. The Morgan fingerprint density at radius 3 is 2.75 bits per heavy atom. The van der Waals surface area contributed by atoms with Gasteiger partial charge in [-0.1, -0.05) is 11.6 Å². The van der Waals surface area contributed by atoms with E-state index in [0.717, 1.165) is 32.0 Å². The molecule has 0 N–H and O–H groups in total. The normalized spacial score (nSPS) is 23.9. The molecule has 1 aromatic heterocycles. The van der Waals surface area contributed by atoms with E-state index in [0.29, 0.717) is 11.2 Å². The van der Waals surface area contributed by atoms with E-state index >= 15 is 0 Å². The van der Waals surface area contributed by atoms with Gasteiger partial charge in [0.25, 0.3) is 0 Å². The molecule has 0 amide bonds. The first-order chi connectivity index (χ1) is 7.58. The van der Waals surface area contributed by atoms with Crippen molar-refractivity contribution < 1.29 is 0 Å². The molecule has 0 aliphatic carbocycles. The van der Waals surface area contributed by atoms with Gasteiger partial charge >= 0.3 is 0 Å². The lowest BCUT2D eigenvalue weighted by Gasteiger charge is -2.37. The number of imidazole rings is 1. The highest BCUT2D eigenvalue weighted by molar-refractivity contribution is 6.29. The highest BCUT2D eigenvalue weighted by atomic mass is 35.5. The molecule has 1 aromatic rings. The van der Waals surface area contributed by atoms with Gasteiger partial charge in [0.1, 0.15) is 11.0 Å². The van der Waals surface area contributed by atoms with Gasteiger partial charge in [0.05, 0.1) is 12.7 Å². The first-order valence-corrected chi connectivity index (χ1v) is 6.04. The molecule has 5 heteroatoms. The first-order valence-electron chi connectivity index (χ1n) is 5.66. The number of piperazine rings is 1. The Bertz CT molecular complexity index is 363. The van der Waals surface area contributed by atoms with Crippen molar-refractivity contribution in [1.29, 1.82) is 0 Å². The number of rotatable bonds is 2. The summed E-state index contributed by atoms with van der Waals surface area (Å²) in [4.78, 5) is 9.16. The molecule has 0 bridgehead atoms. The zero-order valence-electron chi connectivity index (χ0n) is 10.1. The van der Waals surface area contributed by atoms with Crippen LogP contribution in [-0.4, -0.2) is 52.1 Å². The third kappa shape index (κ3) is 2.39. The maximum absolute atomic E-state index is 5.98. The summed E-state index contributed by atoms with van der Waals surface area (Å²) in [5, 5.41) is 0.705. The van der Waals surface area contributed by atoms with Gasteiger partial charge in [-0.2, -0.15) is 0 Å². The Balaban J connectivity index is 2.02. The van der Waals surface area contributed by atoms with E-state index in [4.69, 9.17) is 11.6 Å². The van der Waals surface area contributed by atoms with E-state index in [-0.39, 0.29) is 0 Å². The van der Waals surface area contributed by atoms with Crippen molar-refractivity contribution in [3.8, 4) is 0 Å². The quantitative estimate of drug-likeness (QED) is 0.779. The molecule has 2 heterocycles. The van der Waals surface area contributed by atoms with Crippen LogP contribution in [0.25, 0.3) is 0 Å². The summed E-state index contributed by atoms with van der Waals surface area (Å²) >= 11 is 5.98. The summed E-state index contributed by atoms with van der Waals surface area (Å²) < 4.78 is 1.95. The highest BCUT2D eigenvalue weighted by Gasteiger charge is 2.22. The first kappa shape index (κ1) is 11.9. The molecule has 1 atom stereocenters. The second kappa shape index (κ2) is 4.73. The van der Waals surface area contributed by atoms with Gasteiger partial charge in [-0.15, -0.1) is 0 Å². The summed E-state index contributed by atoms with van der Waals surface area (Å²) in [6.45, 7) is 6.50. The van der Waals surface area contributed by atoms with Crippen molar-refractivity contribution in [2.75, 3.05) is 26.7 Å². The van der Waals surface area contributed by atoms with Crippen molar-refractivity contribution in [2.24, 2.45) is 7.05 Å². The van der Waals surface area contributed by atoms with Crippen LogP contribution in [0.15, 0.2) is 6.20 Å². The fraction of sp³-hybridized carbons (Fsp3) is 0.727. The third-order valence-corrected chi connectivity index (χ3v) is 3.69. The van der Waals surface area contributed by atoms with Crippen molar-refractivity contribution >= 4 is 11.6 Å². The number of hydrogen-bond donors (Lipinski definition) is 0. The zero-order valence-corrected chi connectivity index (χ0v) is 10.9. The summed E-state index contributed by atoms with van der Waals surface area (Å²) in [5.41, 5.74) is 0. The smallest absolute Gasteiger partial charge is 0.128 e. The number of halogens is 1. The average Bonchev–Trinajstić information content (AvgIpc) is 2.54. The minimum absolute atomic E-state index is 0.578. The SMILES string of the molecule is C[C@H]1CN(C)CCN1Cc1ncc(Cl)n1C. The van der Waals surface area contributed by atoms with Gasteiger partial charge in [0.2, 0.25) is 0 Å². The molecule has 0 unspecified atom stereocenters. The van der Waals surface area contributed by atoms with Crippen LogP contribution in [0.4, 0.5) is 0 Å². The van der Waals surface area contributed by atoms with Crippen LogP contribution in [0.5, 0.6) is 0 Å². The van der Waals surface area contributed by atoms with Gasteiger partial charge in [-0.3, -0.25) is 4.90 Å². The molecule has 16 heavy (non-hydrogen) atoms. The fourth-order valence-electron chi connectivity index (χ4n) is 2.17. The molecular weight excluding hydrogens is 224 g/mol. The lowest BCUT2D eigenvalue weighted by Crippen LogP contribution is -2.50. The Hall–Kier alpha value is -0.580. The van der Waals surface area contributed by atoms with Crippen LogP contribution in [-0.2, 0) is 13.6 Å². The second-order valence-electron chi connectivity index (χ2n) is 4.64. The standard InChI is InChI=1S/C11H19ClN4/c1-9-7-14(2)4-5-16(9)8-11-13-6-10(12)15(11)3/h6,9H,4-5,7-8H2,1-3H3/t9-/m0/s1. The van der Waals surface area contributed by atoms with E-state index in [1.54, 1.807) is 6.20 Å². The minimum Gasteiger partial charge on any atom is -0.321 e. The lowest BCUT2D eigenvalue weighted by atomic mass is 10.2. The van der Waals surface area contributed by atoms with Gasteiger partial charge in [0, 0.05) is 32.7 Å². The van der Waals surface area contributed by atoms with Crippen molar-refractivity contribution in [3.05, 3.63) is 17.2 Å². The van der Waals surface area contributed by atoms with Crippen molar-refractivity contribution in [3.63, 3.8) is 0 Å². The predicted molar refractivity (Wildman–Crippen MR) is 65.6 cm³/mol. The van der Waals surface area contributed by atoms with Crippen LogP contribution in [0.1, 0.15) is 12.7 Å². The van der Waals surface area contributed by atoms with E-state index < -0.39 is 0 Å². The van der Waals surface area contributed by atoms with Crippen LogP contribution < -0.4 is 0 Å². The second-order valence-corrected chi connectivity index (χ2v) is 5.03. The molecule has 0 saturated carbocycles. The number of hydrogen-bond acceptors (Lipinski definition) is 3. The Labute approximate surface area is 102 Å². The van der Waals surface area contributed by atoms with Crippen LogP contribution in [0.2, 0.25) is 5.15 Å². The van der Waals surface area contributed by atoms with Gasteiger partial charge in [-0.25, -0.2) is 4.98 Å². The number of aromatic nitrogens is 2. The topological polar surface area (TPSA) is 24.3 Å². The summed E-state index contributed by atoms with van der Waals surface area (Å²) in [5.74, 6) is 1.04. The van der Waals surface area contributed by atoms with Crippen LogP contribution in [0, 0.1) is 0 Å². The molecule has 4 nitrogen and oxygen atoms in total. The summed E-state index contributed by atoms with van der Waals surface area (Å²) in [7, 11) is 4.14. The van der Waals surface area contributed by atoms with E-state index in [1.165, 1.54) is 0 Å². The maximum atomic E-state index is 5.98. The van der Waals surface area contributed by atoms with Crippen molar-refractivity contribution in [2.45, 2.75) is 19.5 Å².